The molecule has 0 spiro atoms. The number of amides is 2. The number of carbonyl (C=O) groups is 2. The Bertz CT molecular complexity index is 1790. The van der Waals surface area contributed by atoms with Crippen molar-refractivity contribution < 1.29 is 18.7 Å². The number of hydrogen-bond acceptors (Lipinski definition) is 6. The summed E-state index contributed by atoms with van der Waals surface area (Å²) in [4.78, 5) is 46.7. The van der Waals surface area contributed by atoms with Gasteiger partial charge < -0.3 is 15.4 Å². The molecule has 0 saturated heterocycles. The molecule has 0 aliphatic carbocycles. The van der Waals surface area contributed by atoms with Crippen LogP contribution in [0.1, 0.15) is 20.8 Å². The fourth-order valence-electron chi connectivity index (χ4n) is 3.85. The minimum atomic E-state index is -0.763. The number of halogens is 2. The molecule has 9 nitrogen and oxygen atoms in total. The Kier molecular flexibility index (Phi) is 7.15. The van der Waals surface area contributed by atoms with Gasteiger partial charge in [0.25, 0.3) is 17.4 Å². The first-order valence-electron chi connectivity index (χ1n) is 11.6. The predicted molar refractivity (Wildman–Crippen MR) is 147 cm³/mol. The van der Waals surface area contributed by atoms with Crippen LogP contribution in [0.25, 0.3) is 16.7 Å². The molecular weight excluding hydrogens is 569 g/mol. The zero-order valence-electron chi connectivity index (χ0n) is 20.3. The molecule has 0 aliphatic rings. The summed E-state index contributed by atoms with van der Waals surface area (Å²) in [6.45, 7) is 0. The number of fused-ring (bicyclic) bond motifs is 1. The van der Waals surface area contributed by atoms with Crippen molar-refractivity contribution in [1.82, 2.24) is 19.9 Å². The molecule has 5 rings (SSSR count). The van der Waals surface area contributed by atoms with E-state index in [-0.39, 0.29) is 28.4 Å². The molecule has 0 saturated carbocycles. The second-order valence-corrected chi connectivity index (χ2v) is 9.16. The highest BCUT2D eigenvalue weighted by Crippen LogP contribution is 2.27. The average molecular weight is 588 g/mol. The third-order valence-electron chi connectivity index (χ3n) is 5.70. The molecule has 2 amide bonds. The van der Waals surface area contributed by atoms with E-state index < -0.39 is 23.2 Å². The lowest BCUT2D eigenvalue weighted by molar-refractivity contribution is 0.0957. The first-order valence-corrected chi connectivity index (χ1v) is 12.4. The van der Waals surface area contributed by atoms with Crippen molar-refractivity contribution in [2.45, 2.75) is 0 Å². The summed E-state index contributed by atoms with van der Waals surface area (Å²) in [5.74, 6) is -1.81. The summed E-state index contributed by atoms with van der Waals surface area (Å²) in [5, 5.41) is 5.60. The van der Waals surface area contributed by atoms with Crippen molar-refractivity contribution in [2.24, 2.45) is 0 Å². The van der Waals surface area contributed by atoms with Gasteiger partial charge in [-0.25, -0.2) is 9.37 Å². The Morgan fingerprint density at radius 3 is 2.49 bits per heavy atom. The van der Waals surface area contributed by atoms with Crippen LogP contribution < -0.4 is 20.9 Å². The SMILES string of the molecule is CNC(=O)c1cc(Oc2ccc(NC(=O)c3cc4cccnc4n(-c4ccc(Br)cc4)c3=O)cc2F)ccn1. The van der Waals surface area contributed by atoms with Crippen LogP contribution in [0, 0.1) is 5.82 Å². The first-order chi connectivity index (χ1) is 18.8. The van der Waals surface area contributed by atoms with Gasteiger partial charge in [0.05, 0.1) is 5.69 Å². The fourth-order valence-corrected chi connectivity index (χ4v) is 4.11. The van der Waals surface area contributed by atoms with Crippen LogP contribution in [0.4, 0.5) is 10.1 Å². The number of carbonyl (C=O) groups excluding carboxylic acids is 2. The number of benzene rings is 2. The van der Waals surface area contributed by atoms with Crippen LogP contribution in [0.15, 0.2) is 94.5 Å². The van der Waals surface area contributed by atoms with Crippen molar-refractivity contribution in [3.8, 4) is 17.2 Å². The lowest BCUT2D eigenvalue weighted by Gasteiger charge is -2.13. The van der Waals surface area contributed by atoms with Gasteiger partial charge in [-0.1, -0.05) is 15.9 Å². The average Bonchev–Trinajstić information content (AvgIpc) is 2.94. The molecule has 2 aromatic carbocycles. The standard InChI is InChI=1S/C28H19BrFN5O4/c1-31-27(37)23-15-20(10-12-32-23)39-24-9-6-18(14-22(24)30)34-26(36)21-13-16-3-2-11-33-25(16)35(28(21)38)19-7-4-17(29)5-8-19/h2-15H,1H3,(H,31,37)(H,34,36). The normalized spacial score (nSPS) is 10.7. The molecule has 0 radical (unpaired) electrons. The molecular formula is C28H19BrFN5O4. The van der Waals surface area contributed by atoms with E-state index in [0.29, 0.717) is 16.7 Å². The van der Waals surface area contributed by atoms with Crippen molar-refractivity contribution in [2.75, 3.05) is 12.4 Å². The lowest BCUT2D eigenvalue weighted by atomic mass is 10.1. The highest BCUT2D eigenvalue weighted by atomic mass is 79.9. The molecule has 39 heavy (non-hydrogen) atoms. The van der Waals surface area contributed by atoms with E-state index in [9.17, 15) is 18.8 Å². The number of nitrogens with zero attached hydrogens (tertiary/aromatic N) is 3. The predicted octanol–water partition coefficient (Wildman–Crippen LogP) is 5.09. The van der Waals surface area contributed by atoms with Gasteiger partial charge >= 0.3 is 0 Å². The third-order valence-corrected chi connectivity index (χ3v) is 6.23. The minimum absolute atomic E-state index is 0.110. The third kappa shape index (κ3) is 5.39. The van der Waals surface area contributed by atoms with Crippen LogP contribution >= 0.6 is 15.9 Å². The van der Waals surface area contributed by atoms with E-state index in [1.54, 1.807) is 42.6 Å². The topological polar surface area (TPSA) is 115 Å². The van der Waals surface area contributed by atoms with Crippen molar-refractivity contribution in [1.29, 1.82) is 0 Å². The number of rotatable bonds is 6. The minimum Gasteiger partial charge on any atom is -0.454 e. The van der Waals surface area contributed by atoms with E-state index >= 15 is 0 Å². The maximum atomic E-state index is 14.9. The molecule has 11 heteroatoms. The zero-order valence-corrected chi connectivity index (χ0v) is 21.9. The maximum absolute atomic E-state index is 14.9. The summed E-state index contributed by atoms with van der Waals surface area (Å²) >= 11 is 3.38. The van der Waals surface area contributed by atoms with Crippen LogP contribution in [0.3, 0.4) is 0 Å². The number of nitrogens with one attached hydrogen (secondary N) is 2. The van der Waals surface area contributed by atoms with Gasteiger partial charge in [0.1, 0.15) is 22.7 Å². The van der Waals surface area contributed by atoms with E-state index in [2.05, 4.69) is 36.5 Å². The Hall–Kier alpha value is -4.90. The van der Waals surface area contributed by atoms with Crippen LogP contribution in [0.2, 0.25) is 0 Å². The molecule has 194 valence electrons. The lowest BCUT2D eigenvalue weighted by Crippen LogP contribution is -2.29. The maximum Gasteiger partial charge on any atom is 0.269 e. The zero-order chi connectivity index (χ0) is 27.5. The molecule has 0 aliphatic heterocycles. The van der Waals surface area contributed by atoms with Gasteiger partial charge in [-0.05, 0) is 60.7 Å². The van der Waals surface area contributed by atoms with Crippen molar-refractivity contribution in [3.63, 3.8) is 0 Å². The van der Waals surface area contributed by atoms with E-state index in [1.165, 1.54) is 48.1 Å². The summed E-state index contributed by atoms with van der Waals surface area (Å²) in [6, 6.07) is 18.6. The van der Waals surface area contributed by atoms with Crippen LogP contribution in [-0.4, -0.2) is 33.4 Å². The number of hydrogen-bond donors (Lipinski definition) is 2. The van der Waals surface area contributed by atoms with Gasteiger partial charge in [0, 0.05) is 47.1 Å². The highest BCUT2D eigenvalue weighted by Gasteiger charge is 2.18. The number of aromatic nitrogens is 3. The smallest absolute Gasteiger partial charge is 0.269 e. The molecule has 2 N–H and O–H groups in total. The van der Waals surface area contributed by atoms with Crippen LogP contribution in [-0.2, 0) is 0 Å². The monoisotopic (exact) mass is 587 g/mol. The number of ether oxygens (including phenoxy) is 1. The summed E-state index contributed by atoms with van der Waals surface area (Å²) < 4.78 is 22.6. The molecule has 0 atom stereocenters. The molecule has 0 fully saturated rings. The summed E-state index contributed by atoms with van der Waals surface area (Å²) in [7, 11) is 1.47. The van der Waals surface area contributed by atoms with E-state index in [4.69, 9.17) is 4.74 Å². The van der Waals surface area contributed by atoms with Crippen molar-refractivity contribution >= 4 is 44.5 Å². The van der Waals surface area contributed by atoms with Gasteiger partial charge in [-0.15, -0.1) is 0 Å². The van der Waals surface area contributed by atoms with E-state index in [0.717, 1.165) is 10.5 Å². The van der Waals surface area contributed by atoms with Crippen LogP contribution in [0.5, 0.6) is 11.5 Å². The van der Waals surface area contributed by atoms with E-state index in [1.807, 2.05) is 0 Å². The Morgan fingerprint density at radius 2 is 1.74 bits per heavy atom. The summed E-state index contributed by atoms with van der Waals surface area (Å²) in [5.41, 5.74) is 0.434. The Balaban J connectivity index is 1.43. The van der Waals surface area contributed by atoms with Gasteiger partial charge in [0.2, 0.25) is 0 Å². The molecule has 3 heterocycles. The van der Waals surface area contributed by atoms with Gasteiger partial charge in [0.15, 0.2) is 11.6 Å². The van der Waals surface area contributed by atoms with Gasteiger partial charge in [-0.3, -0.25) is 23.9 Å². The van der Waals surface area contributed by atoms with Crippen molar-refractivity contribution in [3.05, 3.63) is 117 Å². The Labute approximate surface area is 229 Å². The van der Waals surface area contributed by atoms with Gasteiger partial charge in [-0.2, -0.15) is 0 Å². The molecule has 0 bridgehead atoms. The molecule has 0 unspecified atom stereocenters. The fraction of sp³-hybridized carbons (Fsp3) is 0.0357. The number of pyridine rings is 3. The first kappa shape index (κ1) is 25.7. The second-order valence-electron chi connectivity index (χ2n) is 8.25. The largest absolute Gasteiger partial charge is 0.454 e. The quantitative estimate of drug-likeness (QED) is 0.286. The summed E-state index contributed by atoms with van der Waals surface area (Å²) in [6.07, 6.45) is 2.93. The number of anilines is 1. The molecule has 3 aromatic heterocycles. The molecule has 5 aromatic rings. The second kappa shape index (κ2) is 10.8. The highest BCUT2D eigenvalue weighted by molar-refractivity contribution is 9.10. The Morgan fingerprint density at radius 1 is 0.949 bits per heavy atom.